The van der Waals surface area contributed by atoms with Gasteiger partial charge < -0.3 is 0 Å². The topological polar surface area (TPSA) is 37.4 Å². The lowest BCUT2D eigenvalue weighted by atomic mass is 9.85. The average molecular weight is 280 g/mol. The van der Waals surface area contributed by atoms with Gasteiger partial charge in [-0.05, 0) is 31.0 Å². The fourth-order valence-corrected chi connectivity index (χ4v) is 2.95. The standard InChI is InChI=1S/C14H11ClFNO2/c15-11-7-8(16)5-6-12(11)17-13(18)9-3-1-2-4-10(9)14(17)19/h1-2,5-7,9-10H,3-4H2/t9-,10-/m1/s1. The van der Waals surface area contributed by atoms with Crippen LogP contribution in [-0.4, -0.2) is 11.8 Å². The van der Waals surface area contributed by atoms with Crippen LogP contribution in [-0.2, 0) is 9.59 Å². The largest absolute Gasteiger partial charge is 0.274 e. The first kappa shape index (κ1) is 12.4. The Balaban J connectivity index is 2.02. The summed E-state index contributed by atoms with van der Waals surface area (Å²) in [5, 5.41) is 0.0771. The van der Waals surface area contributed by atoms with Gasteiger partial charge in [-0.2, -0.15) is 0 Å². The highest BCUT2D eigenvalue weighted by molar-refractivity contribution is 6.36. The molecule has 0 bridgehead atoms. The highest BCUT2D eigenvalue weighted by Gasteiger charge is 2.48. The van der Waals surface area contributed by atoms with E-state index in [1.165, 1.54) is 12.1 Å². The molecule has 0 spiro atoms. The molecule has 0 radical (unpaired) electrons. The van der Waals surface area contributed by atoms with Crippen molar-refractivity contribution in [3.63, 3.8) is 0 Å². The van der Waals surface area contributed by atoms with Crippen molar-refractivity contribution in [1.29, 1.82) is 0 Å². The number of imide groups is 1. The highest BCUT2D eigenvalue weighted by Crippen LogP contribution is 2.39. The lowest BCUT2D eigenvalue weighted by Crippen LogP contribution is -2.31. The van der Waals surface area contributed by atoms with Gasteiger partial charge in [-0.25, -0.2) is 9.29 Å². The van der Waals surface area contributed by atoms with E-state index in [1.807, 2.05) is 12.2 Å². The Bertz CT molecular complexity index is 573. The highest BCUT2D eigenvalue weighted by atomic mass is 35.5. The first-order valence-electron chi connectivity index (χ1n) is 6.07. The van der Waals surface area contributed by atoms with Crippen molar-refractivity contribution in [1.82, 2.24) is 0 Å². The lowest BCUT2D eigenvalue weighted by Gasteiger charge is -2.16. The van der Waals surface area contributed by atoms with Gasteiger partial charge >= 0.3 is 0 Å². The minimum absolute atomic E-state index is 0.0771. The number of amides is 2. The Morgan fingerprint density at radius 3 is 2.21 bits per heavy atom. The third-order valence-corrected chi connectivity index (χ3v) is 3.96. The molecule has 1 aliphatic heterocycles. The SMILES string of the molecule is O=C1[C@@H]2CC=CC[C@H]2C(=O)N1c1ccc(F)cc1Cl. The van der Waals surface area contributed by atoms with Crippen LogP contribution in [0.3, 0.4) is 0 Å². The molecule has 98 valence electrons. The van der Waals surface area contributed by atoms with Gasteiger partial charge in [-0.15, -0.1) is 0 Å². The van der Waals surface area contributed by atoms with E-state index in [2.05, 4.69) is 0 Å². The molecular weight excluding hydrogens is 269 g/mol. The maximum atomic E-state index is 13.0. The van der Waals surface area contributed by atoms with E-state index in [1.54, 1.807) is 0 Å². The number of hydrogen-bond donors (Lipinski definition) is 0. The molecule has 1 aromatic carbocycles. The zero-order chi connectivity index (χ0) is 13.6. The normalized spacial score (nSPS) is 25.9. The summed E-state index contributed by atoms with van der Waals surface area (Å²) in [5.41, 5.74) is 0.271. The molecule has 3 nitrogen and oxygen atoms in total. The zero-order valence-corrected chi connectivity index (χ0v) is 10.7. The van der Waals surface area contributed by atoms with Gasteiger partial charge in [0.1, 0.15) is 5.82 Å². The number of carbonyl (C=O) groups is 2. The van der Waals surface area contributed by atoms with E-state index >= 15 is 0 Å². The van der Waals surface area contributed by atoms with E-state index in [0.717, 1.165) is 11.0 Å². The second kappa shape index (κ2) is 4.46. The first-order valence-corrected chi connectivity index (χ1v) is 6.45. The zero-order valence-electron chi connectivity index (χ0n) is 9.98. The van der Waals surface area contributed by atoms with Crippen LogP contribution in [0.15, 0.2) is 30.4 Å². The molecule has 2 atom stereocenters. The molecule has 1 heterocycles. The molecule has 5 heteroatoms. The second-order valence-electron chi connectivity index (χ2n) is 4.76. The van der Waals surface area contributed by atoms with Crippen LogP contribution in [0.5, 0.6) is 0 Å². The summed E-state index contributed by atoms with van der Waals surface area (Å²) < 4.78 is 13.0. The molecule has 2 aliphatic rings. The molecule has 0 unspecified atom stereocenters. The van der Waals surface area contributed by atoms with Crippen molar-refractivity contribution in [3.8, 4) is 0 Å². The van der Waals surface area contributed by atoms with Crippen LogP contribution >= 0.6 is 11.6 Å². The number of benzene rings is 1. The number of fused-ring (bicyclic) bond motifs is 1. The van der Waals surface area contributed by atoms with Crippen LogP contribution in [0, 0.1) is 17.7 Å². The second-order valence-corrected chi connectivity index (χ2v) is 5.17. The molecule has 0 saturated carbocycles. The van der Waals surface area contributed by atoms with Crippen molar-refractivity contribution < 1.29 is 14.0 Å². The molecule has 2 amide bonds. The van der Waals surface area contributed by atoms with E-state index in [-0.39, 0.29) is 34.4 Å². The van der Waals surface area contributed by atoms with Crippen LogP contribution in [0.25, 0.3) is 0 Å². The fourth-order valence-electron chi connectivity index (χ4n) is 2.70. The summed E-state index contributed by atoms with van der Waals surface area (Å²) in [6.45, 7) is 0. The third-order valence-electron chi connectivity index (χ3n) is 3.66. The Morgan fingerprint density at radius 1 is 1.11 bits per heavy atom. The number of anilines is 1. The van der Waals surface area contributed by atoms with Crippen LogP contribution in [0.2, 0.25) is 5.02 Å². The smallest absolute Gasteiger partial charge is 0.238 e. The summed E-state index contributed by atoms with van der Waals surface area (Å²) in [5.74, 6) is -1.59. The molecule has 3 rings (SSSR count). The summed E-state index contributed by atoms with van der Waals surface area (Å²) >= 11 is 5.94. The number of allylic oxidation sites excluding steroid dienone is 2. The van der Waals surface area contributed by atoms with E-state index in [9.17, 15) is 14.0 Å². The molecular formula is C14H11ClFNO2. The van der Waals surface area contributed by atoms with Gasteiger partial charge in [-0.1, -0.05) is 23.8 Å². The fraction of sp³-hybridized carbons (Fsp3) is 0.286. The number of rotatable bonds is 1. The van der Waals surface area contributed by atoms with Gasteiger partial charge in [-0.3, -0.25) is 9.59 Å². The monoisotopic (exact) mass is 279 g/mol. The summed E-state index contributed by atoms with van der Waals surface area (Å²) in [7, 11) is 0. The summed E-state index contributed by atoms with van der Waals surface area (Å²) in [6, 6.07) is 3.68. The molecule has 19 heavy (non-hydrogen) atoms. The maximum Gasteiger partial charge on any atom is 0.238 e. The Kier molecular flexibility index (Phi) is 2.90. The molecule has 1 aromatic rings. The Morgan fingerprint density at radius 2 is 1.68 bits per heavy atom. The van der Waals surface area contributed by atoms with Gasteiger partial charge in [0.25, 0.3) is 0 Å². The predicted molar refractivity (Wildman–Crippen MR) is 69.3 cm³/mol. The number of nitrogens with zero attached hydrogens (tertiary/aromatic N) is 1. The van der Waals surface area contributed by atoms with Crippen LogP contribution in [0.4, 0.5) is 10.1 Å². The molecule has 1 saturated heterocycles. The van der Waals surface area contributed by atoms with E-state index in [0.29, 0.717) is 12.8 Å². The van der Waals surface area contributed by atoms with Gasteiger partial charge in [0.15, 0.2) is 0 Å². The molecule has 1 fully saturated rings. The van der Waals surface area contributed by atoms with Crippen LogP contribution < -0.4 is 4.90 Å². The number of halogens is 2. The van der Waals surface area contributed by atoms with E-state index in [4.69, 9.17) is 11.6 Å². The first-order chi connectivity index (χ1) is 9.09. The Hall–Kier alpha value is -1.68. The molecule has 1 aliphatic carbocycles. The quantitative estimate of drug-likeness (QED) is 0.585. The van der Waals surface area contributed by atoms with Crippen molar-refractivity contribution in [2.24, 2.45) is 11.8 Å². The third kappa shape index (κ3) is 1.87. The van der Waals surface area contributed by atoms with Crippen molar-refractivity contribution in [2.45, 2.75) is 12.8 Å². The average Bonchev–Trinajstić information content (AvgIpc) is 2.64. The Labute approximate surface area is 114 Å². The van der Waals surface area contributed by atoms with Gasteiger partial charge in [0.05, 0.1) is 22.5 Å². The van der Waals surface area contributed by atoms with Crippen molar-refractivity contribution in [2.75, 3.05) is 4.90 Å². The number of carbonyl (C=O) groups excluding carboxylic acids is 2. The van der Waals surface area contributed by atoms with Gasteiger partial charge in [0, 0.05) is 0 Å². The minimum Gasteiger partial charge on any atom is -0.274 e. The number of hydrogen-bond acceptors (Lipinski definition) is 2. The van der Waals surface area contributed by atoms with Crippen LogP contribution in [0.1, 0.15) is 12.8 Å². The lowest BCUT2D eigenvalue weighted by molar-refractivity contribution is -0.122. The molecule has 0 aromatic heterocycles. The molecule has 0 N–H and O–H groups in total. The minimum atomic E-state index is -0.494. The summed E-state index contributed by atoms with van der Waals surface area (Å²) in [4.78, 5) is 25.7. The van der Waals surface area contributed by atoms with Crippen molar-refractivity contribution in [3.05, 3.63) is 41.2 Å². The van der Waals surface area contributed by atoms with E-state index < -0.39 is 5.82 Å². The summed E-state index contributed by atoms with van der Waals surface area (Å²) in [6.07, 6.45) is 4.99. The van der Waals surface area contributed by atoms with Gasteiger partial charge in [0.2, 0.25) is 11.8 Å². The predicted octanol–water partition coefficient (Wildman–Crippen LogP) is 2.93. The van der Waals surface area contributed by atoms with Crippen molar-refractivity contribution >= 4 is 29.1 Å². The maximum absolute atomic E-state index is 13.0.